The predicted molar refractivity (Wildman–Crippen MR) is 74.3 cm³/mol. The van der Waals surface area contributed by atoms with Crippen LogP contribution in [-0.4, -0.2) is 50.5 Å². The molecule has 0 aromatic heterocycles. The minimum absolute atomic E-state index is 0.241. The minimum Gasteiger partial charge on any atom is -0.444 e. The number of halogens is 3. The molecule has 3 N–H and O–H groups in total. The molecule has 0 fully saturated rings. The van der Waals surface area contributed by atoms with Gasteiger partial charge in [-0.05, 0) is 20.8 Å². The van der Waals surface area contributed by atoms with Crippen LogP contribution in [-0.2, 0) is 4.74 Å². The van der Waals surface area contributed by atoms with Gasteiger partial charge in [-0.1, -0.05) is 0 Å². The number of hydrogen-bond acceptors (Lipinski definition) is 3. The van der Waals surface area contributed by atoms with E-state index in [-0.39, 0.29) is 19.0 Å². The lowest BCUT2D eigenvalue weighted by Crippen LogP contribution is -2.43. The summed E-state index contributed by atoms with van der Waals surface area (Å²) in [6.07, 6.45) is -5.70. The fourth-order valence-electron chi connectivity index (χ4n) is 1.20. The molecule has 0 radical (unpaired) electrons. The van der Waals surface area contributed by atoms with E-state index in [0.29, 0.717) is 6.54 Å². The Morgan fingerprint density at radius 2 is 1.57 bits per heavy atom. The van der Waals surface area contributed by atoms with Gasteiger partial charge in [-0.25, -0.2) is 4.79 Å². The van der Waals surface area contributed by atoms with E-state index >= 15 is 0 Å². The number of nitrogens with zero attached hydrogens (tertiary/aromatic N) is 1. The number of alkyl halides is 3. The summed E-state index contributed by atoms with van der Waals surface area (Å²) in [4.78, 5) is 15.1. The molecule has 0 aromatic carbocycles. The monoisotopic (exact) mass is 312 g/mol. The molecule has 0 aliphatic carbocycles. The SMILES string of the molecule is CN=C(NCCNC(=O)OC(C)(C)C)NCCC(F)(F)F. The second kappa shape index (κ2) is 8.58. The average molecular weight is 312 g/mol. The number of nitrogens with one attached hydrogen (secondary N) is 3. The maximum atomic E-state index is 12.0. The first-order valence-electron chi connectivity index (χ1n) is 6.51. The molecule has 0 saturated carbocycles. The first-order chi connectivity index (χ1) is 9.53. The number of carbonyl (C=O) groups is 1. The lowest BCUT2D eigenvalue weighted by molar-refractivity contribution is -0.132. The van der Waals surface area contributed by atoms with Crippen LogP contribution in [0.1, 0.15) is 27.2 Å². The molecule has 0 saturated heterocycles. The number of aliphatic imine (C=N–C) groups is 1. The van der Waals surface area contributed by atoms with Crippen molar-refractivity contribution in [2.45, 2.75) is 39.0 Å². The van der Waals surface area contributed by atoms with Crippen molar-refractivity contribution in [3.8, 4) is 0 Å². The summed E-state index contributed by atoms with van der Waals surface area (Å²) < 4.78 is 41.0. The van der Waals surface area contributed by atoms with E-state index in [1.54, 1.807) is 20.8 Å². The lowest BCUT2D eigenvalue weighted by Gasteiger charge is -2.20. The first kappa shape index (κ1) is 19.3. The van der Waals surface area contributed by atoms with Crippen molar-refractivity contribution in [3.63, 3.8) is 0 Å². The summed E-state index contributed by atoms with van der Waals surface area (Å²) in [7, 11) is 1.45. The summed E-state index contributed by atoms with van der Waals surface area (Å²) in [5.41, 5.74) is -0.577. The van der Waals surface area contributed by atoms with Crippen molar-refractivity contribution in [1.82, 2.24) is 16.0 Å². The average Bonchev–Trinajstić information content (AvgIpc) is 2.28. The van der Waals surface area contributed by atoms with E-state index in [9.17, 15) is 18.0 Å². The molecule has 0 aliphatic rings. The number of guanidine groups is 1. The highest BCUT2D eigenvalue weighted by Crippen LogP contribution is 2.17. The zero-order valence-electron chi connectivity index (χ0n) is 12.7. The molecule has 0 aliphatic heterocycles. The molecule has 9 heteroatoms. The van der Waals surface area contributed by atoms with Crippen LogP contribution in [0.4, 0.5) is 18.0 Å². The number of rotatable bonds is 5. The highest BCUT2D eigenvalue weighted by atomic mass is 19.4. The summed E-state index contributed by atoms with van der Waals surface area (Å²) in [6.45, 7) is 5.55. The highest BCUT2D eigenvalue weighted by molar-refractivity contribution is 5.79. The minimum atomic E-state index is -4.20. The zero-order valence-corrected chi connectivity index (χ0v) is 12.7. The van der Waals surface area contributed by atoms with Crippen LogP contribution in [0.3, 0.4) is 0 Å². The molecule has 0 rings (SSSR count). The highest BCUT2D eigenvalue weighted by Gasteiger charge is 2.26. The van der Waals surface area contributed by atoms with Crippen LogP contribution in [0.15, 0.2) is 4.99 Å². The molecular weight excluding hydrogens is 289 g/mol. The molecule has 21 heavy (non-hydrogen) atoms. The van der Waals surface area contributed by atoms with Crippen molar-refractivity contribution < 1.29 is 22.7 Å². The normalized spacial score (nSPS) is 12.8. The van der Waals surface area contributed by atoms with Crippen molar-refractivity contribution in [3.05, 3.63) is 0 Å². The van der Waals surface area contributed by atoms with Gasteiger partial charge in [-0.2, -0.15) is 13.2 Å². The van der Waals surface area contributed by atoms with Gasteiger partial charge in [-0.3, -0.25) is 4.99 Å². The van der Waals surface area contributed by atoms with Crippen molar-refractivity contribution in [2.24, 2.45) is 4.99 Å². The molecule has 0 spiro atoms. The van der Waals surface area contributed by atoms with Gasteiger partial charge in [0.2, 0.25) is 0 Å². The van der Waals surface area contributed by atoms with Crippen LogP contribution >= 0.6 is 0 Å². The maximum Gasteiger partial charge on any atom is 0.407 e. The molecular formula is C12H23F3N4O2. The Labute approximate surface area is 122 Å². The van der Waals surface area contributed by atoms with Crippen LogP contribution in [0.5, 0.6) is 0 Å². The van der Waals surface area contributed by atoms with Gasteiger partial charge in [0.15, 0.2) is 5.96 Å². The lowest BCUT2D eigenvalue weighted by atomic mass is 10.2. The van der Waals surface area contributed by atoms with Crippen molar-refractivity contribution in [1.29, 1.82) is 0 Å². The summed E-state index contributed by atoms with van der Waals surface area (Å²) in [6, 6.07) is 0. The van der Waals surface area contributed by atoms with Gasteiger partial charge in [0.25, 0.3) is 0 Å². The van der Waals surface area contributed by atoms with E-state index in [1.807, 2.05) is 0 Å². The molecule has 0 bridgehead atoms. The van der Waals surface area contributed by atoms with Gasteiger partial charge in [-0.15, -0.1) is 0 Å². The molecule has 124 valence electrons. The third-order valence-electron chi connectivity index (χ3n) is 2.01. The number of hydrogen-bond donors (Lipinski definition) is 3. The summed E-state index contributed by atoms with van der Waals surface area (Å²) in [5, 5.41) is 7.81. The number of alkyl carbamates (subject to hydrolysis) is 1. The maximum absolute atomic E-state index is 12.0. The molecule has 0 unspecified atom stereocenters. The first-order valence-corrected chi connectivity index (χ1v) is 6.51. The predicted octanol–water partition coefficient (Wildman–Crippen LogP) is 1.63. The Morgan fingerprint density at radius 1 is 1.05 bits per heavy atom. The summed E-state index contributed by atoms with van der Waals surface area (Å²) >= 11 is 0. The number of amides is 1. The van der Waals surface area contributed by atoms with E-state index in [4.69, 9.17) is 4.74 Å². The second-order valence-electron chi connectivity index (χ2n) is 5.22. The van der Waals surface area contributed by atoms with Crippen LogP contribution in [0.25, 0.3) is 0 Å². The van der Waals surface area contributed by atoms with Gasteiger partial charge in [0.05, 0.1) is 6.42 Å². The van der Waals surface area contributed by atoms with Crippen molar-refractivity contribution in [2.75, 3.05) is 26.7 Å². The standard InChI is InChI=1S/C12H23F3N4O2/c1-11(2,3)21-10(20)19-8-7-18-9(16-4)17-6-5-12(13,14)15/h5-8H2,1-4H3,(H,19,20)(H2,16,17,18). The summed E-state index contributed by atoms with van der Waals surface area (Å²) in [5.74, 6) is 0.241. The van der Waals surface area contributed by atoms with Gasteiger partial charge in [0.1, 0.15) is 5.60 Å². The Hall–Kier alpha value is -1.67. The number of ether oxygens (including phenoxy) is 1. The van der Waals surface area contributed by atoms with Gasteiger partial charge < -0.3 is 20.7 Å². The smallest absolute Gasteiger partial charge is 0.407 e. The zero-order chi connectivity index (χ0) is 16.5. The topological polar surface area (TPSA) is 74.8 Å². The quantitative estimate of drug-likeness (QED) is 0.410. The van der Waals surface area contributed by atoms with Crippen LogP contribution < -0.4 is 16.0 Å². The molecule has 6 nitrogen and oxygen atoms in total. The Kier molecular flexibility index (Phi) is 7.90. The molecule has 0 heterocycles. The Morgan fingerprint density at radius 3 is 2.05 bits per heavy atom. The third kappa shape index (κ3) is 13.1. The van der Waals surface area contributed by atoms with E-state index in [0.717, 1.165) is 0 Å². The largest absolute Gasteiger partial charge is 0.444 e. The van der Waals surface area contributed by atoms with Crippen molar-refractivity contribution >= 4 is 12.1 Å². The van der Waals surface area contributed by atoms with Gasteiger partial charge in [0, 0.05) is 26.7 Å². The van der Waals surface area contributed by atoms with E-state index in [2.05, 4.69) is 20.9 Å². The molecule has 0 aromatic rings. The fraction of sp³-hybridized carbons (Fsp3) is 0.833. The van der Waals surface area contributed by atoms with Gasteiger partial charge >= 0.3 is 12.3 Å². The molecule has 0 atom stereocenters. The number of carbonyl (C=O) groups excluding carboxylic acids is 1. The Balaban J connectivity index is 3.81. The Bertz CT molecular complexity index is 351. The van der Waals surface area contributed by atoms with Crippen LogP contribution in [0, 0.1) is 0 Å². The fourth-order valence-corrected chi connectivity index (χ4v) is 1.20. The van der Waals surface area contributed by atoms with E-state index in [1.165, 1.54) is 7.05 Å². The van der Waals surface area contributed by atoms with E-state index < -0.39 is 24.3 Å². The third-order valence-corrected chi connectivity index (χ3v) is 2.01. The second-order valence-corrected chi connectivity index (χ2v) is 5.22. The van der Waals surface area contributed by atoms with Crippen LogP contribution in [0.2, 0.25) is 0 Å². The molecule has 1 amide bonds.